The van der Waals surface area contributed by atoms with Gasteiger partial charge in [0.25, 0.3) is 17.7 Å². The molecule has 7 atom stereocenters. The molecule has 4 amide bonds. The van der Waals surface area contributed by atoms with E-state index in [0.717, 1.165) is 11.1 Å². The molecule has 0 bridgehead atoms. The number of carbonyl (C=O) groups excluding carboxylic acids is 4. The summed E-state index contributed by atoms with van der Waals surface area (Å²) in [6.07, 6.45) is -5.56. The molecule has 0 unspecified atom stereocenters. The van der Waals surface area contributed by atoms with Crippen LogP contribution in [0, 0.1) is 0 Å². The average molecular weight is 1010 g/mol. The lowest BCUT2D eigenvalue weighted by Gasteiger charge is -2.38. The van der Waals surface area contributed by atoms with Crippen LogP contribution in [0.15, 0.2) is 71.8 Å². The Morgan fingerprint density at radius 2 is 1.45 bits per heavy atom. The number of benzene rings is 3. The number of nitrogens with one attached hydrogen (secondary N) is 1. The molecule has 8 rings (SSSR count). The van der Waals surface area contributed by atoms with Gasteiger partial charge in [-0.3, -0.25) is 24.3 Å². The van der Waals surface area contributed by atoms with Crippen LogP contribution in [0.2, 0.25) is 0 Å². The van der Waals surface area contributed by atoms with E-state index in [1.54, 1.807) is 34.2 Å². The number of hydrogen-bond donors (Lipinski definition) is 5. The van der Waals surface area contributed by atoms with Gasteiger partial charge in [0.1, 0.15) is 30.7 Å². The Morgan fingerprint density at radius 1 is 0.781 bits per heavy atom. The van der Waals surface area contributed by atoms with Crippen molar-refractivity contribution in [3.05, 3.63) is 89.0 Å². The summed E-state index contributed by atoms with van der Waals surface area (Å²) in [5, 5.41) is 43.3. The molecular weight excluding hydrogens is 955 g/mol. The zero-order chi connectivity index (χ0) is 52.1. The van der Waals surface area contributed by atoms with Gasteiger partial charge in [-0.05, 0) is 61.9 Å². The lowest BCUT2D eigenvalue weighted by Crippen LogP contribution is -2.61. The van der Waals surface area contributed by atoms with Crippen LogP contribution in [-0.4, -0.2) is 176 Å². The predicted molar refractivity (Wildman–Crippen MR) is 259 cm³/mol. The van der Waals surface area contributed by atoms with Gasteiger partial charge in [0.15, 0.2) is 29.1 Å². The molecule has 5 aliphatic heterocycles. The summed E-state index contributed by atoms with van der Waals surface area (Å²) in [5.41, 5.74) is 3.32. The first-order valence-electron chi connectivity index (χ1n) is 23.7. The van der Waals surface area contributed by atoms with Crippen molar-refractivity contribution in [1.82, 2.24) is 15.1 Å². The van der Waals surface area contributed by atoms with Gasteiger partial charge in [-0.25, -0.2) is 9.59 Å². The number of carboxylic acids is 1. The molecule has 0 spiro atoms. The van der Waals surface area contributed by atoms with E-state index in [4.69, 9.17) is 37.9 Å². The van der Waals surface area contributed by atoms with E-state index in [1.807, 2.05) is 0 Å². The minimum atomic E-state index is -1.97. The summed E-state index contributed by atoms with van der Waals surface area (Å²) in [6.45, 7) is 9.41. The van der Waals surface area contributed by atoms with Gasteiger partial charge in [-0.1, -0.05) is 30.4 Å². The smallest absolute Gasteiger partial charge is 0.414 e. The largest absolute Gasteiger partial charge is 0.493 e. The first-order chi connectivity index (χ1) is 35.1. The van der Waals surface area contributed by atoms with Gasteiger partial charge < -0.3 is 73.4 Å². The highest BCUT2D eigenvalue weighted by Gasteiger charge is 2.48. The molecule has 22 heteroatoms. The monoisotopic (exact) mass is 1010 g/mol. The number of hydrogen-bond acceptors (Lipinski definition) is 17. The molecule has 73 heavy (non-hydrogen) atoms. The fraction of sp³-hybridized carbons (Fsp3) is 0.451. The van der Waals surface area contributed by atoms with Crippen molar-refractivity contribution in [1.29, 1.82) is 0 Å². The van der Waals surface area contributed by atoms with E-state index in [2.05, 4.69) is 23.5 Å². The molecule has 0 saturated carbocycles. The van der Waals surface area contributed by atoms with Crippen molar-refractivity contribution in [2.24, 2.45) is 4.99 Å². The summed E-state index contributed by atoms with van der Waals surface area (Å²) in [5.74, 6) is -1.51. The standard InChI is InChI=1S/C51H59N5O17/c1-27-15-30-22-53-35-20-40(38(67-4)18-32(35)47(61)54(30)23-27)69-12-7-6-8-13-70-41-21-36-33(19-39(41)68-5)48(62)55-24-28(2)16-31(55)25-56(36)51(65)71-26-29-9-10-37(34(17-29)46(60)52-11-14-66-3)72-50-44(59)42(57)43(58)45(73-50)49(63)64/h9-10,17-22,30-31,42-45,50,57-59H,1-2,6-8,11-16,23-26H2,3-5H3,(H,52,60)(H,63,64)/t30-,31-,42-,43-,44+,45-,50+/m0/s1. The second-order valence-corrected chi connectivity index (χ2v) is 18.2. The van der Waals surface area contributed by atoms with Gasteiger partial charge in [0.05, 0.1) is 80.7 Å². The molecule has 390 valence electrons. The highest BCUT2D eigenvalue weighted by atomic mass is 16.7. The van der Waals surface area contributed by atoms with Crippen LogP contribution in [0.5, 0.6) is 28.7 Å². The third-order valence-corrected chi connectivity index (χ3v) is 13.1. The predicted octanol–water partition coefficient (Wildman–Crippen LogP) is 3.39. The van der Waals surface area contributed by atoms with E-state index in [0.29, 0.717) is 80.1 Å². The quantitative estimate of drug-likeness (QED) is 0.0850. The van der Waals surface area contributed by atoms with Gasteiger partial charge in [-0.15, -0.1) is 0 Å². The topological polar surface area (TPSA) is 274 Å². The van der Waals surface area contributed by atoms with Gasteiger partial charge in [0, 0.05) is 45.1 Å². The molecule has 0 aromatic heterocycles. The van der Waals surface area contributed by atoms with Crippen molar-refractivity contribution >= 4 is 47.4 Å². The minimum absolute atomic E-state index is 0.0523. The van der Waals surface area contributed by atoms with Crippen molar-refractivity contribution in [3.8, 4) is 28.7 Å². The van der Waals surface area contributed by atoms with Gasteiger partial charge in [0.2, 0.25) is 6.29 Å². The molecular formula is C51H59N5O17. The number of carbonyl (C=O) groups is 5. The van der Waals surface area contributed by atoms with Crippen LogP contribution in [0.3, 0.4) is 0 Å². The van der Waals surface area contributed by atoms with Crippen LogP contribution in [0.25, 0.3) is 0 Å². The molecule has 22 nitrogen and oxygen atoms in total. The molecule has 3 aromatic carbocycles. The third kappa shape index (κ3) is 11.2. The summed E-state index contributed by atoms with van der Waals surface area (Å²) >= 11 is 0. The Hall–Kier alpha value is -7.24. The van der Waals surface area contributed by atoms with E-state index in [9.17, 15) is 44.4 Å². The number of anilines is 1. The molecule has 3 fully saturated rings. The van der Waals surface area contributed by atoms with Crippen LogP contribution in [0.1, 0.15) is 68.7 Å². The summed E-state index contributed by atoms with van der Waals surface area (Å²) in [6, 6.07) is 10.1. The van der Waals surface area contributed by atoms with Crippen molar-refractivity contribution in [2.45, 2.75) is 81.5 Å². The first-order valence-corrected chi connectivity index (χ1v) is 23.7. The second kappa shape index (κ2) is 22.7. The minimum Gasteiger partial charge on any atom is -0.493 e. The zero-order valence-corrected chi connectivity index (χ0v) is 40.7. The Bertz CT molecular complexity index is 2680. The Kier molecular flexibility index (Phi) is 16.2. The molecule has 5 N–H and O–H groups in total. The van der Waals surface area contributed by atoms with Crippen LogP contribution >= 0.6 is 0 Å². The number of ether oxygens (including phenoxy) is 8. The summed E-state index contributed by atoms with van der Waals surface area (Å²) in [7, 11) is 4.41. The number of carboxylic acid groups (broad SMARTS) is 1. The number of methoxy groups -OCH3 is 3. The highest BCUT2D eigenvalue weighted by molar-refractivity contribution is 6.06. The number of unbranched alkanes of at least 4 members (excludes halogenated alkanes) is 2. The van der Waals surface area contributed by atoms with E-state index in [1.165, 1.54) is 50.5 Å². The van der Waals surface area contributed by atoms with Crippen LogP contribution in [-0.2, 0) is 25.6 Å². The number of fused-ring (bicyclic) bond motifs is 4. The van der Waals surface area contributed by atoms with E-state index < -0.39 is 54.7 Å². The molecule has 0 radical (unpaired) electrons. The number of nitrogens with zero attached hydrogens (tertiary/aromatic N) is 4. The molecule has 5 heterocycles. The van der Waals surface area contributed by atoms with E-state index >= 15 is 0 Å². The summed E-state index contributed by atoms with van der Waals surface area (Å²) < 4.78 is 45.6. The molecule has 3 aromatic rings. The Morgan fingerprint density at radius 3 is 2.15 bits per heavy atom. The Balaban J connectivity index is 0.939. The fourth-order valence-corrected chi connectivity index (χ4v) is 9.29. The number of amides is 4. The molecule has 5 aliphatic rings. The highest BCUT2D eigenvalue weighted by Crippen LogP contribution is 2.42. The number of rotatable bonds is 19. The zero-order valence-electron chi connectivity index (χ0n) is 40.7. The lowest BCUT2D eigenvalue weighted by molar-refractivity contribution is -0.271. The third-order valence-electron chi connectivity index (χ3n) is 13.1. The maximum Gasteiger partial charge on any atom is 0.414 e. The van der Waals surface area contributed by atoms with Gasteiger partial charge in [-0.2, -0.15) is 0 Å². The average Bonchev–Trinajstić information content (AvgIpc) is 3.89. The van der Waals surface area contributed by atoms with Crippen molar-refractivity contribution in [2.75, 3.05) is 72.2 Å². The Labute approximate surface area is 420 Å². The van der Waals surface area contributed by atoms with Crippen LogP contribution < -0.4 is 33.9 Å². The van der Waals surface area contributed by atoms with Crippen molar-refractivity contribution in [3.63, 3.8) is 0 Å². The number of aliphatic hydroxyl groups excluding tert-OH is 3. The molecule has 3 saturated heterocycles. The van der Waals surface area contributed by atoms with Crippen molar-refractivity contribution < 1.29 is 82.3 Å². The fourth-order valence-electron chi connectivity index (χ4n) is 9.29. The normalized spacial score (nSPS) is 23.2. The van der Waals surface area contributed by atoms with E-state index in [-0.39, 0.29) is 84.8 Å². The second-order valence-electron chi connectivity index (χ2n) is 18.2. The van der Waals surface area contributed by atoms with Crippen LogP contribution in [0.4, 0.5) is 16.2 Å². The maximum absolute atomic E-state index is 14.3. The summed E-state index contributed by atoms with van der Waals surface area (Å²) in [4.78, 5) is 76.4. The SMILES string of the molecule is C=C1C[C@H]2CN(C(=O)OCc3ccc(O[C@@H]4O[C@H](C(=O)O)[C@@H](O)[C@H](O)[C@H]4O)c(C(=O)NCCOC)c3)c3cc(OCCCCCOc4cc5c(cc4OC)C(=O)N4CC(=C)C[C@H]4C=N5)c(OC)cc3C(=O)N2C1. The first kappa shape index (κ1) is 52.1. The lowest BCUT2D eigenvalue weighted by atomic mass is 9.99. The number of aliphatic imine (C=N–C) groups is 1. The maximum atomic E-state index is 14.3. The van der Waals surface area contributed by atoms with Gasteiger partial charge >= 0.3 is 12.1 Å². The molecule has 0 aliphatic carbocycles. The number of aliphatic carboxylic acids is 1. The number of aliphatic hydroxyl groups is 3.